The van der Waals surface area contributed by atoms with Crippen molar-refractivity contribution in [3.8, 4) is 5.69 Å². The number of hydrogen-bond acceptors (Lipinski definition) is 2. The number of aromatic amines is 1. The second kappa shape index (κ2) is 3.63. The molecule has 1 aromatic carbocycles. The molecular weight excluding hydrogens is 224 g/mol. The van der Waals surface area contributed by atoms with E-state index in [9.17, 15) is 0 Å². The fourth-order valence-electron chi connectivity index (χ4n) is 2.49. The van der Waals surface area contributed by atoms with Gasteiger partial charge in [0.1, 0.15) is 0 Å². The highest BCUT2D eigenvalue weighted by atomic mass is 15.2. The zero-order chi connectivity index (χ0) is 11.9. The summed E-state index contributed by atoms with van der Waals surface area (Å²) < 4.78 is 2.03. The Morgan fingerprint density at radius 2 is 2.17 bits per heavy atom. The fourth-order valence-corrected chi connectivity index (χ4v) is 2.49. The predicted octanol–water partition coefficient (Wildman–Crippen LogP) is 2.56. The van der Waals surface area contributed by atoms with Crippen molar-refractivity contribution in [2.45, 2.75) is 6.42 Å². The summed E-state index contributed by atoms with van der Waals surface area (Å²) in [5.74, 6) is 0. The van der Waals surface area contributed by atoms with Crippen molar-refractivity contribution in [2.75, 3.05) is 18.0 Å². The van der Waals surface area contributed by atoms with E-state index >= 15 is 0 Å². The van der Waals surface area contributed by atoms with Crippen molar-refractivity contribution in [1.29, 1.82) is 0 Å². The molecule has 0 bridgehead atoms. The SMILES string of the molecule is c1cn(-c2ccc3[nH]cc(N4CCC4)c3c2)cn1. The summed E-state index contributed by atoms with van der Waals surface area (Å²) in [5, 5.41) is 1.29. The summed E-state index contributed by atoms with van der Waals surface area (Å²) in [6, 6.07) is 6.47. The molecule has 0 saturated carbocycles. The van der Waals surface area contributed by atoms with Gasteiger partial charge in [-0.25, -0.2) is 4.98 Å². The lowest BCUT2D eigenvalue weighted by atomic mass is 10.1. The third-order valence-electron chi connectivity index (χ3n) is 3.64. The summed E-state index contributed by atoms with van der Waals surface area (Å²) in [6.45, 7) is 2.34. The van der Waals surface area contributed by atoms with Gasteiger partial charge in [0.25, 0.3) is 0 Å². The monoisotopic (exact) mass is 238 g/mol. The van der Waals surface area contributed by atoms with Crippen LogP contribution in [0.3, 0.4) is 0 Å². The van der Waals surface area contributed by atoms with Gasteiger partial charge >= 0.3 is 0 Å². The smallest absolute Gasteiger partial charge is 0.0991 e. The highest BCUT2D eigenvalue weighted by molar-refractivity contribution is 5.94. The van der Waals surface area contributed by atoms with Crippen LogP contribution in [0.25, 0.3) is 16.6 Å². The predicted molar refractivity (Wildman–Crippen MR) is 72.3 cm³/mol. The van der Waals surface area contributed by atoms with Crippen molar-refractivity contribution < 1.29 is 0 Å². The van der Waals surface area contributed by atoms with Gasteiger partial charge in [-0.3, -0.25) is 0 Å². The molecule has 0 amide bonds. The van der Waals surface area contributed by atoms with Crippen LogP contribution in [0.1, 0.15) is 6.42 Å². The number of nitrogens with one attached hydrogen (secondary N) is 1. The van der Waals surface area contributed by atoms with E-state index in [2.05, 4.69) is 39.3 Å². The van der Waals surface area contributed by atoms with Crippen LogP contribution in [0, 0.1) is 0 Å². The molecule has 4 heteroatoms. The van der Waals surface area contributed by atoms with Crippen LogP contribution >= 0.6 is 0 Å². The van der Waals surface area contributed by atoms with Crippen LogP contribution in [0.2, 0.25) is 0 Å². The first kappa shape index (κ1) is 9.76. The number of aromatic nitrogens is 3. The fraction of sp³-hybridized carbons (Fsp3) is 0.214. The van der Waals surface area contributed by atoms with Gasteiger partial charge in [-0.15, -0.1) is 0 Å². The quantitative estimate of drug-likeness (QED) is 0.745. The molecule has 0 atom stereocenters. The number of imidazole rings is 1. The number of rotatable bonds is 2. The molecule has 1 aliphatic heterocycles. The molecule has 0 spiro atoms. The van der Waals surface area contributed by atoms with Gasteiger partial charge in [-0.05, 0) is 24.6 Å². The Bertz CT molecular complexity index is 677. The molecule has 1 saturated heterocycles. The van der Waals surface area contributed by atoms with Gasteiger partial charge in [0.2, 0.25) is 0 Å². The summed E-state index contributed by atoms with van der Waals surface area (Å²) in [5.41, 5.74) is 3.67. The Hall–Kier alpha value is -2.23. The van der Waals surface area contributed by atoms with Crippen LogP contribution in [0.5, 0.6) is 0 Å². The molecular formula is C14H14N4. The van der Waals surface area contributed by atoms with E-state index in [1.807, 2.05) is 17.1 Å². The third-order valence-corrected chi connectivity index (χ3v) is 3.64. The van der Waals surface area contributed by atoms with Crippen molar-refractivity contribution in [3.63, 3.8) is 0 Å². The van der Waals surface area contributed by atoms with E-state index < -0.39 is 0 Å². The lowest BCUT2D eigenvalue weighted by Gasteiger charge is -2.32. The molecule has 18 heavy (non-hydrogen) atoms. The number of nitrogens with zero attached hydrogens (tertiary/aromatic N) is 3. The van der Waals surface area contributed by atoms with Gasteiger partial charge in [0.15, 0.2) is 0 Å². The van der Waals surface area contributed by atoms with Crippen molar-refractivity contribution in [3.05, 3.63) is 43.1 Å². The zero-order valence-corrected chi connectivity index (χ0v) is 10.0. The third kappa shape index (κ3) is 1.35. The average Bonchev–Trinajstić information content (AvgIpc) is 2.96. The Labute approximate surface area is 105 Å². The standard InChI is InChI=1S/C14H14N4/c1-5-17(6-1)14-9-16-13-3-2-11(8-12(13)14)18-7-4-15-10-18/h2-4,7-10,16H,1,5-6H2. The number of hydrogen-bond donors (Lipinski definition) is 1. The maximum Gasteiger partial charge on any atom is 0.0991 e. The Morgan fingerprint density at radius 3 is 2.89 bits per heavy atom. The summed E-state index contributed by atoms with van der Waals surface area (Å²) in [4.78, 5) is 9.85. The molecule has 0 unspecified atom stereocenters. The zero-order valence-electron chi connectivity index (χ0n) is 10.0. The first-order chi connectivity index (χ1) is 8.92. The summed E-state index contributed by atoms with van der Waals surface area (Å²) in [7, 11) is 0. The first-order valence-corrected chi connectivity index (χ1v) is 6.26. The van der Waals surface area contributed by atoms with E-state index in [-0.39, 0.29) is 0 Å². The molecule has 3 aromatic rings. The maximum absolute atomic E-state index is 4.10. The van der Waals surface area contributed by atoms with E-state index in [0.29, 0.717) is 0 Å². The first-order valence-electron chi connectivity index (χ1n) is 6.26. The molecule has 0 aliphatic carbocycles. The lowest BCUT2D eigenvalue weighted by molar-refractivity contribution is 0.620. The van der Waals surface area contributed by atoms with Crippen molar-refractivity contribution >= 4 is 16.6 Å². The second-order valence-corrected chi connectivity index (χ2v) is 4.71. The van der Waals surface area contributed by atoms with Crippen LogP contribution in [0.4, 0.5) is 5.69 Å². The lowest BCUT2D eigenvalue weighted by Crippen LogP contribution is -2.36. The van der Waals surface area contributed by atoms with E-state index in [4.69, 9.17) is 0 Å². The van der Waals surface area contributed by atoms with Gasteiger partial charge in [-0.1, -0.05) is 0 Å². The number of fused-ring (bicyclic) bond motifs is 1. The van der Waals surface area contributed by atoms with E-state index in [0.717, 1.165) is 5.69 Å². The Morgan fingerprint density at radius 1 is 1.22 bits per heavy atom. The minimum Gasteiger partial charge on any atom is -0.370 e. The van der Waals surface area contributed by atoms with E-state index in [1.165, 1.54) is 36.1 Å². The molecule has 4 nitrogen and oxygen atoms in total. The normalized spacial score (nSPS) is 15.0. The molecule has 0 radical (unpaired) electrons. The maximum atomic E-state index is 4.10. The van der Waals surface area contributed by atoms with Gasteiger partial charge < -0.3 is 14.5 Å². The molecule has 1 fully saturated rings. The molecule has 3 heterocycles. The largest absolute Gasteiger partial charge is 0.370 e. The molecule has 1 N–H and O–H groups in total. The average molecular weight is 238 g/mol. The Balaban J connectivity index is 1.87. The second-order valence-electron chi connectivity index (χ2n) is 4.71. The summed E-state index contributed by atoms with van der Waals surface area (Å²) >= 11 is 0. The van der Waals surface area contributed by atoms with Crippen LogP contribution in [-0.4, -0.2) is 27.6 Å². The number of H-pyrrole nitrogens is 1. The van der Waals surface area contributed by atoms with E-state index in [1.54, 1.807) is 6.20 Å². The van der Waals surface area contributed by atoms with Gasteiger partial charge in [0, 0.05) is 48.3 Å². The number of anilines is 1. The molecule has 1 aliphatic rings. The number of benzene rings is 1. The van der Waals surface area contributed by atoms with Gasteiger partial charge in [0.05, 0.1) is 12.0 Å². The van der Waals surface area contributed by atoms with Crippen molar-refractivity contribution in [2.24, 2.45) is 0 Å². The molecule has 90 valence electrons. The minimum atomic E-state index is 1.15. The van der Waals surface area contributed by atoms with Crippen LogP contribution in [0.15, 0.2) is 43.1 Å². The van der Waals surface area contributed by atoms with Crippen molar-refractivity contribution in [1.82, 2.24) is 14.5 Å². The molecule has 2 aromatic heterocycles. The highest BCUT2D eigenvalue weighted by Crippen LogP contribution is 2.31. The van der Waals surface area contributed by atoms with Crippen LogP contribution in [-0.2, 0) is 0 Å². The summed E-state index contributed by atoms with van der Waals surface area (Å²) in [6.07, 6.45) is 9.02. The Kier molecular flexibility index (Phi) is 1.97. The molecule has 4 rings (SSSR count). The topological polar surface area (TPSA) is 36.9 Å². The minimum absolute atomic E-state index is 1.15. The highest BCUT2D eigenvalue weighted by Gasteiger charge is 2.18. The van der Waals surface area contributed by atoms with Crippen LogP contribution < -0.4 is 4.90 Å². The van der Waals surface area contributed by atoms with Gasteiger partial charge in [-0.2, -0.15) is 0 Å².